The number of hydrogen-bond donors (Lipinski definition) is 1. The first kappa shape index (κ1) is 22.0. The van der Waals surface area contributed by atoms with Crippen LogP contribution in [0, 0.1) is 11.3 Å². The second-order valence-electron chi connectivity index (χ2n) is 7.07. The molecule has 1 aliphatic rings. The third-order valence-corrected chi connectivity index (χ3v) is 4.93. The highest BCUT2D eigenvalue weighted by Crippen LogP contribution is 2.34. The summed E-state index contributed by atoms with van der Waals surface area (Å²) in [5, 5.41) is 11.5. The van der Waals surface area contributed by atoms with Crippen molar-refractivity contribution < 1.29 is 23.7 Å². The number of nitriles is 1. The largest absolute Gasteiger partial charge is 0.493 e. The molecule has 0 saturated heterocycles. The van der Waals surface area contributed by atoms with Gasteiger partial charge in [0.25, 0.3) is 0 Å². The zero-order chi connectivity index (χ0) is 22.1. The first-order valence-corrected chi connectivity index (χ1v) is 10.1. The fraction of sp³-hybridized carbons (Fsp3) is 0.333. The molecule has 1 aliphatic carbocycles. The highest BCUT2D eigenvalue weighted by molar-refractivity contribution is 6.02. The Labute approximate surface area is 182 Å². The molecule has 0 spiro atoms. The van der Waals surface area contributed by atoms with E-state index < -0.39 is 0 Å². The summed E-state index contributed by atoms with van der Waals surface area (Å²) in [4.78, 5) is 12.4. The molecule has 162 valence electrons. The van der Waals surface area contributed by atoms with Crippen molar-refractivity contribution in [3.8, 4) is 29.1 Å². The summed E-state index contributed by atoms with van der Waals surface area (Å²) in [5.41, 5.74) is 1.39. The maximum atomic E-state index is 12.4. The Balaban J connectivity index is 1.66. The number of benzene rings is 2. The maximum Gasteiger partial charge on any atom is 0.248 e. The molecule has 7 nitrogen and oxygen atoms in total. The lowest BCUT2D eigenvalue weighted by Crippen LogP contribution is -2.12. The average molecular weight is 422 g/mol. The molecule has 3 rings (SSSR count). The number of anilines is 1. The van der Waals surface area contributed by atoms with Gasteiger partial charge in [0.2, 0.25) is 5.91 Å². The van der Waals surface area contributed by atoms with E-state index in [-0.39, 0.29) is 18.6 Å². The van der Waals surface area contributed by atoms with Crippen LogP contribution in [0.3, 0.4) is 0 Å². The highest BCUT2D eigenvalue weighted by Gasteiger charge is 2.18. The summed E-state index contributed by atoms with van der Waals surface area (Å²) >= 11 is 0. The van der Waals surface area contributed by atoms with Crippen molar-refractivity contribution in [3.63, 3.8) is 0 Å². The summed E-state index contributed by atoms with van der Waals surface area (Å²) in [7, 11) is 3.12. The Hall–Kier alpha value is -3.66. The molecular formula is C24H26N2O5. The number of hydrogen-bond acceptors (Lipinski definition) is 6. The van der Waals surface area contributed by atoms with Gasteiger partial charge >= 0.3 is 0 Å². The second-order valence-corrected chi connectivity index (χ2v) is 7.07. The molecule has 0 atom stereocenters. The molecule has 0 radical (unpaired) electrons. The number of methoxy groups -OCH3 is 2. The third-order valence-electron chi connectivity index (χ3n) is 4.93. The van der Waals surface area contributed by atoms with E-state index in [0.717, 1.165) is 18.4 Å². The van der Waals surface area contributed by atoms with E-state index in [1.165, 1.54) is 26.0 Å². The van der Waals surface area contributed by atoms with Crippen LogP contribution in [0.2, 0.25) is 0 Å². The lowest BCUT2D eigenvalue weighted by molar-refractivity contribution is -0.111. The van der Waals surface area contributed by atoms with Gasteiger partial charge in [0.15, 0.2) is 29.6 Å². The van der Waals surface area contributed by atoms with Gasteiger partial charge < -0.3 is 24.3 Å². The lowest BCUT2D eigenvalue weighted by atomic mass is 10.2. The number of ether oxygens (including phenoxy) is 4. The minimum absolute atomic E-state index is 0.0672. The van der Waals surface area contributed by atoms with Crippen molar-refractivity contribution in [2.45, 2.75) is 31.8 Å². The monoisotopic (exact) mass is 422 g/mol. The molecule has 1 amide bonds. The van der Waals surface area contributed by atoms with Gasteiger partial charge in [0, 0.05) is 17.8 Å². The van der Waals surface area contributed by atoms with Crippen molar-refractivity contribution in [1.82, 2.24) is 0 Å². The zero-order valence-corrected chi connectivity index (χ0v) is 17.7. The van der Waals surface area contributed by atoms with Crippen molar-refractivity contribution in [1.29, 1.82) is 5.26 Å². The van der Waals surface area contributed by atoms with Gasteiger partial charge in [-0.3, -0.25) is 4.79 Å². The van der Waals surface area contributed by atoms with E-state index in [2.05, 4.69) is 5.32 Å². The van der Waals surface area contributed by atoms with Crippen LogP contribution in [-0.2, 0) is 4.79 Å². The zero-order valence-electron chi connectivity index (χ0n) is 17.7. The van der Waals surface area contributed by atoms with Crippen LogP contribution in [0.15, 0.2) is 42.5 Å². The summed E-state index contributed by atoms with van der Waals surface area (Å²) in [6, 6.07) is 12.5. The van der Waals surface area contributed by atoms with Crippen LogP contribution in [0.25, 0.3) is 6.08 Å². The van der Waals surface area contributed by atoms with Crippen LogP contribution in [0.5, 0.6) is 23.0 Å². The van der Waals surface area contributed by atoms with Gasteiger partial charge in [0.1, 0.15) is 6.07 Å². The van der Waals surface area contributed by atoms with Gasteiger partial charge in [-0.05, 0) is 61.6 Å². The molecule has 7 heteroatoms. The summed E-state index contributed by atoms with van der Waals surface area (Å²) in [6.07, 6.45) is 7.71. The fourth-order valence-electron chi connectivity index (χ4n) is 3.41. The Kier molecular flexibility index (Phi) is 7.77. The number of nitrogens with one attached hydrogen (secondary N) is 1. The summed E-state index contributed by atoms with van der Waals surface area (Å²) < 4.78 is 22.0. The highest BCUT2D eigenvalue weighted by atomic mass is 16.5. The van der Waals surface area contributed by atoms with E-state index in [9.17, 15) is 4.79 Å². The second kappa shape index (κ2) is 10.9. The van der Waals surface area contributed by atoms with Gasteiger partial charge in [-0.25, -0.2) is 0 Å². The minimum atomic E-state index is -0.277. The minimum Gasteiger partial charge on any atom is -0.493 e. The summed E-state index contributed by atoms with van der Waals surface area (Å²) in [6.45, 7) is -0.0672. The first-order chi connectivity index (χ1) is 15.1. The quantitative estimate of drug-likeness (QED) is 0.595. The van der Waals surface area contributed by atoms with Crippen molar-refractivity contribution in [3.05, 3.63) is 48.0 Å². The molecule has 1 fully saturated rings. The van der Waals surface area contributed by atoms with E-state index in [1.54, 1.807) is 49.6 Å². The van der Waals surface area contributed by atoms with Crippen LogP contribution >= 0.6 is 0 Å². The maximum absolute atomic E-state index is 12.4. The summed E-state index contributed by atoms with van der Waals surface area (Å²) in [5.74, 6) is 1.96. The van der Waals surface area contributed by atoms with Gasteiger partial charge in [-0.15, -0.1) is 0 Å². The topological polar surface area (TPSA) is 89.8 Å². The number of carbonyl (C=O) groups excluding carboxylic acids is 1. The molecule has 0 unspecified atom stereocenters. The van der Waals surface area contributed by atoms with Gasteiger partial charge in [-0.2, -0.15) is 5.26 Å². The molecule has 0 aliphatic heterocycles. The number of nitrogens with zero attached hydrogens (tertiary/aromatic N) is 1. The standard InChI is InChI=1S/C24H26N2O5/c1-28-20-11-9-18(16-23(20)31-19-5-3-4-6-19)26-24(27)12-8-17-7-10-21(30-14-13-25)22(15-17)29-2/h7-12,15-16,19H,3-6,14H2,1-2H3,(H,26,27)/b12-8+. The van der Waals surface area contributed by atoms with E-state index in [1.807, 2.05) is 6.07 Å². The first-order valence-electron chi connectivity index (χ1n) is 10.1. The molecule has 2 aromatic carbocycles. The molecular weight excluding hydrogens is 396 g/mol. The Morgan fingerprint density at radius 2 is 1.81 bits per heavy atom. The van der Waals surface area contributed by atoms with Crippen molar-refractivity contribution in [2.24, 2.45) is 0 Å². The Bertz CT molecular complexity index is 974. The third kappa shape index (κ3) is 6.16. The van der Waals surface area contributed by atoms with Gasteiger partial charge in [-0.1, -0.05) is 6.07 Å². The molecule has 1 N–H and O–H groups in total. The molecule has 0 bridgehead atoms. The molecule has 1 saturated carbocycles. The number of amides is 1. The molecule has 0 heterocycles. The van der Waals surface area contributed by atoms with Crippen molar-refractivity contribution in [2.75, 3.05) is 26.1 Å². The van der Waals surface area contributed by atoms with Crippen molar-refractivity contribution >= 4 is 17.7 Å². The molecule has 31 heavy (non-hydrogen) atoms. The van der Waals surface area contributed by atoms with Crippen LogP contribution in [0.1, 0.15) is 31.2 Å². The van der Waals surface area contributed by atoms with E-state index in [4.69, 9.17) is 24.2 Å². The predicted molar refractivity (Wildman–Crippen MR) is 118 cm³/mol. The normalized spacial score (nSPS) is 13.6. The SMILES string of the molecule is COc1cc(/C=C/C(=O)Nc2ccc(OC)c(OC3CCCC3)c2)ccc1OCC#N. The number of carbonyl (C=O) groups is 1. The Morgan fingerprint density at radius 3 is 2.52 bits per heavy atom. The van der Waals surface area contributed by atoms with Gasteiger partial charge in [0.05, 0.1) is 20.3 Å². The molecule has 0 aromatic heterocycles. The predicted octanol–water partition coefficient (Wildman–Crippen LogP) is 4.58. The Morgan fingerprint density at radius 1 is 1.06 bits per heavy atom. The lowest BCUT2D eigenvalue weighted by Gasteiger charge is -2.17. The van der Waals surface area contributed by atoms with E-state index in [0.29, 0.717) is 28.7 Å². The fourth-order valence-corrected chi connectivity index (χ4v) is 3.41. The number of rotatable bonds is 9. The van der Waals surface area contributed by atoms with Crippen LogP contribution in [0.4, 0.5) is 5.69 Å². The molecule has 2 aromatic rings. The average Bonchev–Trinajstić information content (AvgIpc) is 3.30. The smallest absolute Gasteiger partial charge is 0.248 e. The van der Waals surface area contributed by atoms with Crippen LogP contribution in [-0.4, -0.2) is 32.8 Å². The van der Waals surface area contributed by atoms with Crippen LogP contribution < -0.4 is 24.3 Å². The van der Waals surface area contributed by atoms with E-state index >= 15 is 0 Å².